The van der Waals surface area contributed by atoms with Crippen LogP contribution >= 0.6 is 24.0 Å². The minimum atomic E-state index is -0.688. The Labute approximate surface area is 182 Å². The fourth-order valence-corrected chi connectivity index (χ4v) is 3.20. The van der Waals surface area contributed by atoms with Crippen LogP contribution in [0.15, 0.2) is 29.3 Å². The van der Waals surface area contributed by atoms with Crippen LogP contribution in [0.1, 0.15) is 36.7 Å². The fourth-order valence-electron chi connectivity index (χ4n) is 3.20. The first-order chi connectivity index (χ1) is 13.1. The molecule has 2 atom stereocenters. The van der Waals surface area contributed by atoms with Crippen molar-refractivity contribution in [2.75, 3.05) is 20.2 Å². The van der Waals surface area contributed by atoms with Gasteiger partial charge >= 0.3 is 0 Å². The molecule has 1 aliphatic rings. The van der Waals surface area contributed by atoms with E-state index in [2.05, 4.69) is 25.7 Å². The number of aliphatic hydroxyl groups is 1. The molecule has 2 aromatic rings. The van der Waals surface area contributed by atoms with Crippen molar-refractivity contribution in [2.24, 2.45) is 4.99 Å². The van der Waals surface area contributed by atoms with Crippen molar-refractivity contribution in [3.8, 4) is 5.75 Å². The molecular weight excluding hydrogens is 471 g/mol. The van der Waals surface area contributed by atoms with Crippen LogP contribution < -0.4 is 15.4 Å². The molecule has 1 aromatic heterocycles. The minimum absolute atomic E-state index is 0. The number of fused-ring (bicyclic) bond motifs is 1. The van der Waals surface area contributed by atoms with E-state index in [4.69, 9.17) is 4.74 Å². The fraction of sp³-hybridized carbons (Fsp3) is 0.526. The van der Waals surface area contributed by atoms with Gasteiger partial charge in [0.15, 0.2) is 5.96 Å². The number of hydrogen-bond donors (Lipinski definition) is 3. The Hall–Kier alpha value is -1.88. The van der Waals surface area contributed by atoms with Gasteiger partial charge in [-0.1, -0.05) is 12.1 Å². The third-order valence-corrected chi connectivity index (χ3v) is 4.55. The number of nitrogens with zero attached hydrogens (tertiary/aromatic N) is 4. The maximum atomic E-state index is 10.5. The maximum Gasteiger partial charge on any atom is 0.191 e. The summed E-state index contributed by atoms with van der Waals surface area (Å²) in [7, 11) is 1.61. The van der Waals surface area contributed by atoms with Crippen LogP contribution in [0.25, 0.3) is 0 Å². The molecule has 1 aliphatic heterocycles. The van der Waals surface area contributed by atoms with Crippen LogP contribution in [0.3, 0.4) is 0 Å². The van der Waals surface area contributed by atoms with Gasteiger partial charge in [-0.05, 0) is 38.0 Å². The Morgan fingerprint density at radius 2 is 2.29 bits per heavy atom. The summed E-state index contributed by atoms with van der Waals surface area (Å²) in [6, 6.07) is 7.65. The predicted octanol–water partition coefficient (Wildman–Crippen LogP) is 1.82. The first kappa shape index (κ1) is 22.4. The molecule has 0 bridgehead atoms. The molecule has 0 spiro atoms. The highest BCUT2D eigenvalue weighted by Crippen LogP contribution is 2.19. The van der Waals surface area contributed by atoms with E-state index < -0.39 is 6.10 Å². The Balaban J connectivity index is 0.00000280. The van der Waals surface area contributed by atoms with Gasteiger partial charge in [-0.3, -0.25) is 4.99 Å². The molecule has 154 valence electrons. The van der Waals surface area contributed by atoms with Crippen molar-refractivity contribution >= 4 is 29.9 Å². The first-order valence-electron chi connectivity index (χ1n) is 9.36. The van der Waals surface area contributed by atoms with Gasteiger partial charge in [0, 0.05) is 19.0 Å². The van der Waals surface area contributed by atoms with E-state index in [1.807, 2.05) is 42.8 Å². The Kier molecular flexibility index (Phi) is 8.49. The van der Waals surface area contributed by atoms with Gasteiger partial charge in [0.1, 0.15) is 17.4 Å². The number of ether oxygens (including phenoxy) is 1. The van der Waals surface area contributed by atoms with Crippen LogP contribution in [-0.4, -0.2) is 52.1 Å². The molecule has 0 aliphatic carbocycles. The monoisotopic (exact) mass is 500 g/mol. The third kappa shape index (κ3) is 5.81. The summed E-state index contributed by atoms with van der Waals surface area (Å²) in [5.41, 5.74) is 0.786. The van der Waals surface area contributed by atoms with Crippen molar-refractivity contribution in [3.63, 3.8) is 0 Å². The lowest BCUT2D eigenvalue weighted by Crippen LogP contribution is -2.47. The third-order valence-electron chi connectivity index (χ3n) is 4.55. The van der Waals surface area contributed by atoms with Gasteiger partial charge in [-0.2, -0.15) is 5.10 Å². The van der Waals surface area contributed by atoms with E-state index in [1.54, 1.807) is 7.11 Å². The summed E-state index contributed by atoms with van der Waals surface area (Å²) in [5.74, 6) is 3.28. The second-order valence-electron chi connectivity index (χ2n) is 6.65. The number of aryl methyl sites for hydroxylation is 2. The summed E-state index contributed by atoms with van der Waals surface area (Å²) >= 11 is 0. The number of guanidine groups is 1. The molecule has 8 nitrogen and oxygen atoms in total. The second-order valence-corrected chi connectivity index (χ2v) is 6.65. The zero-order valence-corrected chi connectivity index (χ0v) is 18.9. The number of aliphatic hydroxyl groups excluding tert-OH is 1. The zero-order chi connectivity index (χ0) is 19.2. The van der Waals surface area contributed by atoms with Gasteiger partial charge in [-0.25, -0.2) is 9.67 Å². The quantitative estimate of drug-likeness (QED) is 0.318. The Bertz CT molecular complexity index is 794. The number of halogens is 1. The second kappa shape index (κ2) is 10.6. The highest BCUT2D eigenvalue weighted by Gasteiger charge is 2.21. The smallest absolute Gasteiger partial charge is 0.191 e. The number of nitrogens with one attached hydrogen (secondary N) is 2. The normalized spacial score (nSPS) is 17.3. The number of hydrogen-bond acceptors (Lipinski definition) is 5. The van der Waals surface area contributed by atoms with E-state index in [-0.39, 0.29) is 36.6 Å². The van der Waals surface area contributed by atoms with Crippen LogP contribution in [0.4, 0.5) is 0 Å². The Morgan fingerprint density at radius 3 is 3.04 bits per heavy atom. The summed E-state index contributed by atoms with van der Waals surface area (Å²) in [6.07, 6.45) is 1.18. The number of aliphatic imine (C=N–C) groups is 1. The number of methoxy groups -OCH3 is 1. The lowest BCUT2D eigenvalue weighted by Gasteiger charge is -2.25. The van der Waals surface area contributed by atoms with Gasteiger partial charge < -0.3 is 20.5 Å². The number of rotatable bonds is 6. The predicted molar refractivity (Wildman–Crippen MR) is 119 cm³/mol. The molecule has 0 saturated carbocycles. The molecule has 3 rings (SSSR count). The highest BCUT2D eigenvalue weighted by atomic mass is 127. The summed E-state index contributed by atoms with van der Waals surface area (Å²) in [5, 5.41) is 21.6. The largest absolute Gasteiger partial charge is 0.497 e. The Morgan fingerprint density at radius 1 is 1.46 bits per heavy atom. The molecule has 0 amide bonds. The average molecular weight is 500 g/mol. The molecule has 3 N–H and O–H groups in total. The standard InChI is InChI=1S/C19H28N6O2.HI/c1-4-20-19(21-11-17(26)14-6-5-7-16(10-14)27-3)23-15-8-9-18-22-13(2)24-25(18)12-15;/h5-7,10,15,17,26H,4,8-9,11-12H2,1-3H3,(H2,20,21,23);1H. The van der Waals surface area contributed by atoms with Gasteiger partial charge in [0.2, 0.25) is 0 Å². The van der Waals surface area contributed by atoms with Gasteiger partial charge in [-0.15, -0.1) is 24.0 Å². The van der Waals surface area contributed by atoms with Crippen molar-refractivity contribution in [3.05, 3.63) is 41.5 Å². The minimum Gasteiger partial charge on any atom is -0.497 e. The first-order valence-corrected chi connectivity index (χ1v) is 9.36. The molecular formula is C19H29IN6O2. The molecule has 0 radical (unpaired) electrons. The van der Waals surface area contributed by atoms with E-state index >= 15 is 0 Å². The topological polar surface area (TPSA) is 96.6 Å². The molecule has 1 aromatic carbocycles. The SMILES string of the molecule is CCNC(=NCC(O)c1cccc(OC)c1)NC1CCc2nc(C)nn2C1.I. The van der Waals surface area contributed by atoms with Crippen molar-refractivity contribution in [1.82, 2.24) is 25.4 Å². The summed E-state index contributed by atoms with van der Waals surface area (Å²) in [6.45, 7) is 5.72. The van der Waals surface area contributed by atoms with Crippen LogP contribution in [0, 0.1) is 6.92 Å². The van der Waals surface area contributed by atoms with E-state index in [0.29, 0.717) is 5.96 Å². The number of aromatic nitrogens is 3. The molecule has 28 heavy (non-hydrogen) atoms. The summed E-state index contributed by atoms with van der Waals surface area (Å²) in [4.78, 5) is 9.00. The maximum absolute atomic E-state index is 10.5. The molecule has 2 heterocycles. The van der Waals surface area contributed by atoms with E-state index in [0.717, 1.165) is 48.9 Å². The van der Waals surface area contributed by atoms with Crippen molar-refractivity contribution in [2.45, 2.75) is 45.4 Å². The zero-order valence-electron chi connectivity index (χ0n) is 16.6. The van der Waals surface area contributed by atoms with Crippen LogP contribution in [-0.2, 0) is 13.0 Å². The average Bonchev–Trinajstić information content (AvgIpc) is 3.05. The van der Waals surface area contributed by atoms with Crippen molar-refractivity contribution < 1.29 is 9.84 Å². The van der Waals surface area contributed by atoms with Crippen LogP contribution in [0.2, 0.25) is 0 Å². The highest BCUT2D eigenvalue weighted by molar-refractivity contribution is 14.0. The molecule has 2 unspecified atom stereocenters. The summed E-state index contributed by atoms with van der Waals surface area (Å²) < 4.78 is 7.18. The molecule has 9 heteroatoms. The van der Waals surface area contributed by atoms with E-state index in [1.165, 1.54) is 0 Å². The van der Waals surface area contributed by atoms with Gasteiger partial charge in [0.25, 0.3) is 0 Å². The lowest BCUT2D eigenvalue weighted by molar-refractivity contribution is 0.186. The number of benzene rings is 1. The van der Waals surface area contributed by atoms with Crippen molar-refractivity contribution in [1.29, 1.82) is 0 Å². The molecule has 0 saturated heterocycles. The van der Waals surface area contributed by atoms with Crippen LogP contribution in [0.5, 0.6) is 5.75 Å². The molecule has 0 fully saturated rings. The lowest BCUT2D eigenvalue weighted by atomic mass is 10.1. The van der Waals surface area contributed by atoms with Gasteiger partial charge in [0.05, 0.1) is 26.3 Å². The van der Waals surface area contributed by atoms with E-state index in [9.17, 15) is 5.11 Å².